The van der Waals surface area contributed by atoms with Crippen molar-refractivity contribution in [3.63, 3.8) is 0 Å². The summed E-state index contributed by atoms with van der Waals surface area (Å²) in [6, 6.07) is 10.7. The van der Waals surface area contributed by atoms with E-state index in [4.69, 9.17) is 0 Å². The van der Waals surface area contributed by atoms with Crippen LogP contribution in [0.25, 0.3) is 0 Å². The fourth-order valence-corrected chi connectivity index (χ4v) is 2.39. The summed E-state index contributed by atoms with van der Waals surface area (Å²) in [7, 11) is 1.78. The molecule has 0 aliphatic heterocycles. The van der Waals surface area contributed by atoms with E-state index in [0.717, 1.165) is 0 Å². The number of nitrogens with one attached hydrogen (secondary N) is 1. The molecule has 0 spiro atoms. The number of carbonyl (C=O) groups is 2. The topological polar surface area (TPSA) is 68.9 Å². The lowest BCUT2D eigenvalue weighted by atomic mass is 10.1. The van der Waals surface area contributed by atoms with E-state index in [1.54, 1.807) is 48.3 Å². The Labute approximate surface area is 139 Å². The molecule has 122 valence electrons. The van der Waals surface area contributed by atoms with Crippen LogP contribution in [-0.2, 0) is 18.4 Å². The van der Waals surface area contributed by atoms with E-state index in [1.165, 1.54) is 0 Å². The minimum atomic E-state index is -0.145. The first kappa shape index (κ1) is 15.7. The Hall–Kier alpha value is -3.15. The summed E-state index contributed by atoms with van der Waals surface area (Å²) in [5.41, 5.74) is 1.21. The summed E-state index contributed by atoms with van der Waals surface area (Å²) in [6.45, 7) is 0.633. The SMILES string of the molecule is Cn1ccnc1C(=O)c1ccc(NC(=O)CCn2cccc2)cc1. The molecule has 0 aliphatic rings. The number of hydrogen-bond acceptors (Lipinski definition) is 3. The average molecular weight is 322 g/mol. The van der Waals surface area contributed by atoms with Crippen LogP contribution in [0.2, 0.25) is 0 Å². The van der Waals surface area contributed by atoms with Gasteiger partial charge in [-0.15, -0.1) is 0 Å². The maximum atomic E-state index is 12.3. The zero-order valence-corrected chi connectivity index (χ0v) is 13.3. The Kier molecular flexibility index (Phi) is 4.56. The van der Waals surface area contributed by atoms with E-state index in [1.807, 2.05) is 29.1 Å². The van der Waals surface area contributed by atoms with Gasteiger partial charge in [0, 0.05) is 56.1 Å². The van der Waals surface area contributed by atoms with Crippen LogP contribution in [0.3, 0.4) is 0 Å². The van der Waals surface area contributed by atoms with Crippen molar-refractivity contribution >= 4 is 17.4 Å². The van der Waals surface area contributed by atoms with Gasteiger partial charge in [0.05, 0.1) is 0 Å². The Morgan fingerprint density at radius 2 is 1.79 bits per heavy atom. The summed E-state index contributed by atoms with van der Waals surface area (Å²) in [4.78, 5) is 28.3. The molecule has 1 N–H and O–H groups in total. The molecule has 24 heavy (non-hydrogen) atoms. The highest BCUT2D eigenvalue weighted by Gasteiger charge is 2.13. The lowest BCUT2D eigenvalue weighted by Gasteiger charge is -2.07. The zero-order valence-electron chi connectivity index (χ0n) is 13.3. The van der Waals surface area contributed by atoms with Gasteiger partial charge in [-0.2, -0.15) is 0 Å². The molecule has 0 bridgehead atoms. The van der Waals surface area contributed by atoms with Gasteiger partial charge in [-0.3, -0.25) is 9.59 Å². The van der Waals surface area contributed by atoms with Crippen LogP contribution in [0.15, 0.2) is 61.2 Å². The summed E-state index contributed by atoms with van der Waals surface area (Å²) < 4.78 is 3.63. The van der Waals surface area contributed by atoms with E-state index in [-0.39, 0.29) is 11.7 Å². The van der Waals surface area contributed by atoms with Gasteiger partial charge in [-0.05, 0) is 36.4 Å². The molecule has 0 saturated heterocycles. The molecular weight excluding hydrogens is 304 g/mol. The number of rotatable bonds is 6. The van der Waals surface area contributed by atoms with E-state index >= 15 is 0 Å². The highest BCUT2D eigenvalue weighted by molar-refractivity contribution is 6.07. The standard InChI is InChI=1S/C18H18N4O2/c1-21-13-9-19-18(21)17(24)14-4-6-15(7-5-14)20-16(23)8-12-22-10-2-3-11-22/h2-7,9-11,13H,8,12H2,1H3,(H,20,23). The molecule has 2 aromatic heterocycles. The predicted octanol–water partition coefficient (Wildman–Crippen LogP) is 2.48. The van der Waals surface area contributed by atoms with Crippen LogP contribution in [-0.4, -0.2) is 25.8 Å². The molecule has 0 fully saturated rings. The van der Waals surface area contributed by atoms with E-state index in [2.05, 4.69) is 10.3 Å². The van der Waals surface area contributed by atoms with Crippen molar-refractivity contribution in [2.24, 2.45) is 7.05 Å². The van der Waals surface area contributed by atoms with Gasteiger partial charge in [0.1, 0.15) is 0 Å². The minimum Gasteiger partial charge on any atom is -0.354 e. The lowest BCUT2D eigenvalue weighted by Crippen LogP contribution is -2.14. The number of nitrogens with zero attached hydrogens (tertiary/aromatic N) is 3. The average Bonchev–Trinajstić information content (AvgIpc) is 3.24. The third-order valence-electron chi connectivity index (χ3n) is 3.72. The number of benzene rings is 1. The molecule has 6 nitrogen and oxygen atoms in total. The van der Waals surface area contributed by atoms with Gasteiger partial charge in [-0.1, -0.05) is 0 Å². The van der Waals surface area contributed by atoms with Crippen molar-refractivity contribution in [1.29, 1.82) is 0 Å². The maximum Gasteiger partial charge on any atom is 0.228 e. The highest BCUT2D eigenvalue weighted by atomic mass is 16.1. The number of anilines is 1. The van der Waals surface area contributed by atoms with Crippen molar-refractivity contribution in [3.8, 4) is 0 Å². The first-order valence-corrected chi connectivity index (χ1v) is 7.66. The molecule has 2 heterocycles. The van der Waals surface area contributed by atoms with Crippen LogP contribution < -0.4 is 5.32 Å². The van der Waals surface area contributed by atoms with Gasteiger partial charge >= 0.3 is 0 Å². The van der Waals surface area contributed by atoms with Crippen molar-refractivity contribution in [2.75, 3.05) is 5.32 Å². The number of amides is 1. The molecule has 0 atom stereocenters. The molecule has 1 aromatic carbocycles. The molecule has 0 aliphatic carbocycles. The van der Waals surface area contributed by atoms with Gasteiger partial charge in [0.15, 0.2) is 5.82 Å². The van der Waals surface area contributed by atoms with Gasteiger partial charge in [0.2, 0.25) is 11.7 Å². The number of aryl methyl sites for hydroxylation is 2. The first-order valence-electron chi connectivity index (χ1n) is 7.66. The van der Waals surface area contributed by atoms with E-state index in [9.17, 15) is 9.59 Å². The number of imidazole rings is 1. The molecule has 6 heteroatoms. The van der Waals surface area contributed by atoms with Crippen molar-refractivity contribution < 1.29 is 9.59 Å². The third kappa shape index (κ3) is 3.60. The van der Waals surface area contributed by atoms with Gasteiger partial charge in [0.25, 0.3) is 0 Å². The van der Waals surface area contributed by atoms with Crippen molar-refractivity contribution in [1.82, 2.24) is 14.1 Å². The molecule has 3 aromatic rings. The molecular formula is C18H18N4O2. The highest BCUT2D eigenvalue weighted by Crippen LogP contribution is 2.13. The third-order valence-corrected chi connectivity index (χ3v) is 3.72. The zero-order chi connectivity index (χ0) is 16.9. The second-order valence-corrected chi connectivity index (χ2v) is 5.49. The molecule has 0 saturated carbocycles. The van der Waals surface area contributed by atoms with Crippen LogP contribution >= 0.6 is 0 Å². The number of carbonyl (C=O) groups excluding carboxylic acids is 2. The van der Waals surface area contributed by atoms with Crippen LogP contribution in [0.1, 0.15) is 22.6 Å². The fourth-order valence-electron chi connectivity index (χ4n) is 2.39. The second-order valence-electron chi connectivity index (χ2n) is 5.49. The lowest BCUT2D eigenvalue weighted by molar-refractivity contribution is -0.116. The van der Waals surface area contributed by atoms with Crippen LogP contribution in [0.4, 0.5) is 5.69 Å². The number of ketones is 1. The predicted molar refractivity (Wildman–Crippen MR) is 90.8 cm³/mol. The Morgan fingerprint density at radius 1 is 1.08 bits per heavy atom. The number of hydrogen-bond donors (Lipinski definition) is 1. The Balaban J connectivity index is 1.59. The summed E-state index contributed by atoms with van der Waals surface area (Å²) >= 11 is 0. The minimum absolute atomic E-state index is 0.0631. The fraction of sp³-hybridized carbons (Fsp3) is 0.167. The molecule has 0 radical (unpaired) electrons. The first-order chi connectivity index (χ1) is 11.6. The smallest absolute Gasteiger partial charge is 0.228 e. The number of aromatic nitrogens is 3. The summed E-state index contributed by atoms with van der Waals surface area (Å²) in [5.74, 6) is 0.179. The molecule has 1 amide bonds. The monoisotopic (exact) mass is 322 g/mol. The second kappa shape index (κ2) is 6.95. The largest absolute Gasteiger partial charge is 0.354 e. The van der Waals surface area contributed by atoms with Crippen LogP contribution in [0, 0.1) is 0 Å². The van der Waals surface area contributed by atoms with Gasteiger partial charge in [-0.25, -0.2) is 4.98 Å². The normalized spacial score (nSPS) is 10.5. The Bertz CT molecular complexity index is 832. The summed E-state index contributed by atoms with van der Waals surface area (Å²) in [6.07, 6.45) is 7.55. The summed E-state index contributed by atoms with van der Waals surface area (Å²) in [5, 5.41) is 2.83. The molecule has 3 rings (SSSR count). The van der Waals surface area contributed by atoms with E-state index in [0.29, 0.717) is 30.0 Å². The Morgan fingerprint density at radius 3 is 2.42 bits per heavy atom. The van der Waals surface area contributed by atoms with Crippen LogP contribution in [0.5, 0.6) is 0 Å². The van der Waals surface area contributed by atoms with E-state index < -0.39 is 0 Å². The quantitative estimate of drug-likeness (QED) is 0.709. The maximum absolute atomic E-state index is 12.3. The molecule has 0 unspecified atom stereocenters. The van der Waals surface area contributed by atoms with Gasteiger partial charge < -0.3 is 14.5 Å². The van der Waals surface area contributed by atoms with Crippen molar-refractivity contribution in [2.45, 2.75) is 13.0 Å². The van der Waals surface area contributed by atoms with Crippen molar-refractivity contribution in [3.05, 3.63) is 72.6 Å².